The van der Waals surface area contributed by atoms with E-state index in [9.17, 15) is 13.3 Å². The number of imidazole rings is 2. The standard InChI is InChI=1S/C18H15F2N10O3P/c19-11(3-1-5-29-9-27-13-15(21)23-7-25-17(13)29)32-34(31)33-12(20)4-2-6-30-10-28-14-16(22)24-8-26-18(14)30/h1-10,34H,(H2,21,23,25)(H2,22,24,26). The van der Waals surface area contributed by atoms with Crippen molar-refractivity contribution in [1.29, 1.82) is 0 Å². The largest absolute Gasteiger partial charge is 0.422 e. The SMILES string of the molecule is Nc1ncnc2c1ncn2C=CC=C(F)O[PH](=O)OC(F)=CC=Cn1cnc2c(N)ncnc21. The maximum Gasteiger partial charge on any atom is 0.422 e. The van der Waals surface area contributed by atoms with Gasteiger partial charge in [0.15, 0.2) is 34.0 Å². The third-order valence-electron chi connectivity index (χ3n) is 4.08. The Morgan fingerprint density at radius 3 is 1.68 bits per heavy atom. The molecule has 34 heavy (non-hydrogen) atoms. The summed E-state index contributed by atoms with van der Waals surface area (Å²) < 4.78 is 51.1. The third-order valence-corrected chi connectivity index (χ3v) is 4.81. The lowest BCUT2D eigenvalue weighted by Gasteiger charge is -2.03. The number of nitrogens with zero attached hydrogens (tertiary/aromatic N) is 8. The van der Waals surface area contributed by atoms with Gasteiger partial charge in [-0.3, -0.25) is 9.13 Å². The molecule has 4 aromatic heterocycles. The van der Waals surface area contributed by atoms with Crippen molar-refractivity contribution >= 4 is 54.6 Å². The van der Waals surface area contributed by atoms with E-state index in [0.29, 0.717) is 22.3 Å². The quantitative estimate of drug-likeness (QED) is 0.212. The van der Waals surface area contributed by atoms with Crippen LogP contribution in [0.2, 0.25) is 0 Å². The molecular weight excluding hydrogens is 473 g/mol. The minimum Gasteiger partial charge on any atom is -0.391 e. The fourth-order valence-corrected chi connectivity index (χ4v) is 3.13. The lowest BCUT2D eigenvalue weighted by molar-refractivity contribution is 0.227. The van der Waals surface area contributed by atoms with Crippen LogP contribution in [-0.2, 0) is 13.6 Å². The second-order valence-corrected chi connectivity index (χ2v) is 7.15. The van der Waals surface area contributed by atoms with Gasteiger partial charge in [0.2, 0.25) is 0 Å². The second kappa shape index (κ2) is 9.87. The average Bonchev–Trinajstić information content (AvgIpc) is 3.40. The monoisotopic (exact) mass is 488 g/mol. The zero-order chi connectivity index (χ0) is 24.1. The highest BCUT2D eigenvalue weighted by Crippen LogP contribution is 2.32. The Morgan fingerprint density at radius 1 is 0.794 bits per heavy atom. The molecular formula is C18H15F2N10O3P. The van der Waals surface area contributed by atoms with Crippen LogP contribution in [0.15, 0.2) is 61.6 Å². The third kappa shape index (κ3) is 5.05. The Bertz CT molecular complexity index is 1380. The van der Waals surface area contributed by atoms with Crippen LogP contribution in [0.5, 0.6) is 0 Å². The summed E-state index contributed by atoms with van der Waals surface area (Å²) in [6.45, 7) is 0. The van der Waals surface area contributed by atoms with Gasteiger partial charge < -0.3 is 20.5 Å². The van der Waals surface area contributed by atoms with Gasteiger partial charge in [0.05, 0.1) is 0 Å². The molecule has 174 valence electrons. The number of aromatic nitrogens is 8. The van der Waals surface area contributed by atoms with Gasteiger partial charge in [-0.25, -0.2) is 34.5 Å². The molecule has 0 radical (unpaired) electrons. The zero-order valence-electron chi connectivity index (χ0n) is 17.0. The van der Waals surface area contributed by atoms with Crippen molar-refractivity contribution in [2.45, 2.75) is 0 Å². The molecule has 0 aliphatic rings. The number of allylic oxidation sites excluding steroid dienone is 4. The fourth-order valence-electron chi connectivity index (χ4n) is 2.63. The number of fused-ring (bicyclic) bond motifs is 2. The summed E-state index contributed by atoms with van der Waals surface area (Å²) in [4.78, 5) is 23.7. The number of hydrogen-bond acceptors (Lipinski definition) is 11. The molecule has 4 N–H and O–H groups in total. The lowest BCUT2D eigenvalue weighted by Crippen LogP contribution is -1.94. The first kappa shape index (κ1) is 22.5. The smallest absolute Gasteiger partial charge is 0.391 e. The van der Waals surface area contributed by atoms with Crippen LogP contribution in [-0.4, -0.2) is 39.0 Å². The number of nitrogen functional groups attached to an aromatic ring is 2. The summed E-state index contributed by atoms with van der Waals surface area (Å²) in [5.74, 6) is 0.389. The molecule has 0 atom stereocenters. The Balaban J connectivity index is 1.33. The molecule has 0 saturated carbocycles. The summed E-state index contributed by atoms with van der Waals surface area (Å²) in [6, 6.07) is -2.52. The van der Waals surface area contributed by atoms with Crippen molar-refractivity contribution in [3.8, 4) is 0 Å². The molecule has 4 aromatic rings. The van der Waals surface area contributed by atoms with Crippen molar-refractivity contribution in [3.05, 3.63) is 61.6 Å². The van der Waals surface area contributed by atoms with Gasteiger partial charge in [-0.2, -0.15) is 8.78 Å². The first-order valence-electron chi connectivity index (χ1n) is 9.26. The summed E-state index contributed by atoms with van der Waals surface area (Å²) in [6.07, 6.45) is 12.2. The molecule has 0 unspecified atom stereocenters. The van der Waals surface area contributed by atoms with Crippen LogP contribution in [0.3, 0.4) is 0 Å². The van der Waals surface area contributed by atoms with Crippen molar-refractivity contribution in [3.63, 3.8) is 0 Å². The van der Waals surface area contributed by atoms with Crippen molar-refractivity contribution in [2.75, 3.05) is 11.5 Å². The minimum absolute atomic E-state index is 0.194. The van der Waals surface area contributed by atoms with E-state index in [0.717, 1.165) is 12.2 Å². The van der Waals surface area contributed by atoms with E-state index in [2.05, 4.69) is 39.0 Å². The summed E-state index contributed by atoms with van der Waals surface area (Å²) in [7, 11) is -3.55. The van der Waals surface area contributed by atoms with Crippen LogP contribution in [0, 0.1) is 0 Å². The van der Waals surface area contributed by atoms with Gasteiger partial charge in [-0.1, -0.05) is 0 Å². The number of halogens is 2. The number of nitrogens with two attached hydrogens (primary N) is 2. The molecule has 16 heteroatoms. The molecule has 13 nitrogen and oxygen atoms in total. The molecule has 0 bridgehead atoms. The van der Waals surface area contributed by atoms with Gasteiger partial charge in [0.1, 0.15) is 25.3 Å². The first-order valence-corrected chi connectivity index (χ1v) is 10.5. The van der Waals surface area contributed by atoms with Crippen LogP contribution >= 0.6 is 8.25 Å². The van der Waals surface area contributed by atoms with E-state index in [1.165, 1.54) is 59.0 Å². The van der Waals surface area contributed by atoms with Gasteiger partial charge in [-0.15, -0.1) is 0 Å². The molecule has 0 aliphatic carbocycles. The molecule has 0 spiro atoms. The summed E-state index contributed by atoms with van der Waals surface area (Å²) >= 11 is 0. The number of rotatable bonds is 8. The predicted molar refractivity (Wildman–Crippen MR) is 120 cm³/mol. The van der Waals surface area contributed by atoms with Gasteiger partial charge in [0.25, 0.3) is 12.0 Å². The van der Waals surface area contributed by atoms with E-state index in [4.69, 9.17) is 11.5 Å². The van der Waals surface area contributed by atoms with Gasteiger partial charge in [-0.05, 0) is 12.2 Å². The average molecular weight is 488 g/mol. The highest BCUT2D eigenvalue weighted by Gasteiger charge is 2.08. The van der Waals surface area contributed by atoms with Gasteiger partial charge in [0, 0.05) is 24.6 Å². The summed E-state index contributed by atoms with van der Waals surface area (Å²) in [5.41, 5.74) is 12.9. The zero-order valence-corrected chi connectivity index (χ0v) is 18.0. The highest BCUT2D eigenvalue weighted by molar-refractivity contribution is 7.33. The van der Waals surface area contributed by atoms with E-state index in [1.54, 1.807) is 0 Å². The maximum absolute atomic E-state index is 13.8. The molecule has 4 heterocycles. The Labute approximate surface area is 189 Å². The van der Waals surface area contributed by atoms with Crippen molar-refractivity contribution in [1.82, 2.24) is 39.0 Å². The van der Waals surface area contributed by atoms with Crippen molar-refractivity contribution < 1.29 is 22.4 Å². The molecule has 0 amide bonds. The Morgan fingerprint density at radius 2 is 1.24 bits per heavy atom. The van der Waals surface area contributed by atoms with Crippen molar-refractivity contribution in [2.24, 2.45) is 0 Å². The molecule has 0 saturated heterocycles. The molecule has 4 rings (SSSR count). The molecule has 0 aromatic carbocycles. The summed E-state index contributed by atoms with van der Waals surface area (Å²) in [5, 5.41) is 0. The van der Waals surface area contributed by atoms with Crippen LogP contribution < -0.4 is 11.5 Å². The lowest BCUT2D eigenvalue weighted by atomic mass is 10.5. The maximum atomic E-state index is 13.8. The van der Waals surface area contributed by atoms with E-state index >= 15 is 0 Å². The Kier molecular flexibility index (Phi) is 6.54. The molecule has 0 fully saturated rings. The molecule has 0 aliphatic heterocycles. The number of anilines is 2. The minimum atomic E-state index is -3.55. The van der Waals surface area contributed by atoms with Gasteiger partial charge >= 0.3 is 8.25 Å². The first-order chi connectivity index (χ1) is 16.4. The second-order valence-electron chi connectivity index (χ2n) is 6.24. The van der Waals surface area contributed by atoms with Crippen LogP contribution in [0.1, 0.15) is 0 Å². The highest BCUT2D eigenvalue weighted by atomic mass is 31.1. The van der Waals surface area contributed by atoms with Crippen LogP contribution in [0.4, 0.5) is 20.4 Å². The van der Waals surface area contributed by atoms with E-state index in [1.807, 2.05) is 0 Å². The fraction of sp³-hybridized carbons (Fsp3) is 0. The van der Waals surface area contributed by atoms with E-state index < -0.39 is 20.3 Å². The normalized spacial score (nSPS) is 13.9. The topological polar surface area (TPSA) is 175 Å². The number of hydrogen-bond donors (Lipinski definition) is 2. The van der Waals surface area contributed by atoms with Crippen LogP contribution in [0.25, 0.3) is 34.7 Å². The Hall–Kier alpha value is -4.65. The van der Waals surface area contributed by atoms with E-state index in [-0.39, 0.29) is 11.6 Å². The predicted octanol–water partition coefficient (Wildman–Crippen LogP) is 2.82.